The zero-order valence-corrected chi connectivity index (χ0v) is 15.2. The lowest BCUT2D eigenvalue weighted by Crippen LogP contribution is -2.33. The number of amides is 1. The molecule has 5 heteroatoms. The quantitative estimate of drug-likeness (QED) is 0.771. The molecule has 1 aliphatic heterocycles. The Labute approximate surface area is 153 Å². The van der Waals surface area contributed by atoms with Crippen molar-refractivity contribution in [1.82, 2.24) is 5.32 Å². The molecule has 1 aliphatic rings. The summed E-state index contributed by atoms with van der Waals surface area (Å²) in [6.07, 6.45) is 1.89. The number of rotatable bonds is 7. The summed E-state index contributed by atoms with van der Waals surface area (Å²) in [5.74, 6) is 0.441. The predicted molar refractivity (Wildman–Crippen MR) is 98.1 cm³/mol. The number of halogens is 1. The van der Waals surface area contributed by atoms with Crippen molar-refractivity contribution in [3.63, 3.8) is 0 Å². The average Bonchev–Trinajstić information content (AvgIpc) is 2.95. The number of benzene rings is 2. The Hall–Kier alpha value is -2.40. The number of ether oxygens (including phenoxy) is 2. The highest BCUT2D eigenvalue weighted by molar-refractivity contribution is 5.94. The van der Waals surface area contributed by atoms with E-state index in [4.69, 9.17) is 9.47 Å². The molecule has 138 valence electrons. The molecule has 2 aromatic carbocycles. The summed E-state index contributed by atoms with van der Waals surface area (Å²) in [5, 5.41) is 2.88. The van der Waals surface area contributed by atoms with Crippen LogP contribution in [-0.2, 0) is 17.6 Å². The van der Waals surface area contributed by atoms with E-state index in [-0.39, 0.29) is 11.7 Å². The fourth-order valence-corrected chi connectivity index (χ4v) is 3.33. The van der Waals surface area contributed by atoms with E-state index in [1.807, 2.05) is 25.1 Å². The number of fused-ring (bicyclic) bond motifs is 1. The number of hydrogen-bond acceptors (Lipinski definition) is 3. The lowest BCUT2D eigenvalue weighted by molar-refractivity contribution is 0.0948. The van der Waals surface area contributed by atoms with Crippen molar-refractivity contribution in [2.75, 3.05) is 20.3 Å². The monoisotopic (exact) mass is 357 g/mol. The fraction of sp³-hybridized carbons (Fsp3) is 0.381. The highest BCUT2D eigenvalue weighted by atomic mass is 19.1. The van der Waals surface area contributed by atoms with E-state index in [1.54, 1.807) is 25.3 Å². The summed E-state index contributed by atoms with van der Waals surface area (Å²) >= 11 is 0. The summed E-state index contributed by atoms with van der Waals surface area (Å²) < 4.78 is 25.0. The van der Waals surface area contributed by atoms with Crippen LogP contribution in [0.4, 0.5) is 4.39 Å². The normalized spacial score (nSPS) is 18.3. The van der Waals surface area contributed by atoms with E-state index < -0.39 is 5.60 Å². The molecule has 0 saturated heterocycles. The van der Waals surface area contributed by atoms with Gasteiger partial charge in [0.1, 0.15) is 17.2 Å². The molecular formula is C21H24FNO3. The summed E-state index contributed by atoms with van der Waals surface area (Å²) in [7, 11) is 1.64. The van der Waals surface area contributed by atoms with Crippen molar-refractivity contribution in [3.05, 3.63) is 65.0 Å². The molecule has 26 heavy (non-hydrogen) atoms. The zero-order valence-electron chi connectivity index (χ0n) is 15.2. The summed E-state index contributed by atoms with van der Waals surface area (Å²) in [6.45, 7) is 3.17. The molecule has 0 bridgehead atoms. The SMILES string of the molecule is COCCCNC(=O)c1ccc2c(c1)C[C@](C)(Cc1ccccc1F)O2. The number of carbonyl (C=O) groups is 1. The maximum atomic E-state index is 14.0. The highest BCUT2D eigenvalue weighted by Crippen LogP contribution is 2.37. The number of methoxy groups -OCH3 is 1. The lowest BCUT2D eigenvalue weighted by atomic mass is 9.91. The maximum absolute atomic E-state index is 14.0. The van der Waals surface area contributed by atoms with Crippen LogP contribution in [0, 0.1) is 5.82 Å². The minimum Gasteiger partial charge on any atom is -0.487 e. The Morgan fingerprint density at radius 3 is 2.88 bits per heavy atom. The van der Waals surface area contributed by atoms with Gasteiger partial charge in [-0.15, -0.1) is 0 Å². The van der Waals surface area contributed by atoms with Gasteiger partial charge in [0, 0.05) is 38.7 Å². The molecule has 1 heterocycles. The molecule has 0 unspecified atom stereocenters. The van der Waals surface area contributed by atoms with Gasteiger partial charge in [-0.05, 0) is 48.7 Å². The second kappa shape index (κ2) is 7.87. The molecule has 0 aromatic heterocycles. The standard InChI is InChI=1S/C21H24FNO3/c1-21(13-16-6-3-4-7-18(16)22)14-17-12-15(8-9-19(17)26-21)20(24)23-10-5-11-25-2/h3-4,6-9,12H,5,10-11,13-14H2,1-2H3,(H,23,24)/t21-/m0/s1. The first-order chi connectivity index (χ1) is 12.5. The van der Waals surface area contributed by atoms with Gasteiger partial charge in [-0.3, -0.25) is 4.79 Å². The Kier molecular flexibility index (Phi) is 5.57. The summed E-state index contributed by atoms with van der Waals surface area (Å²) in [6, 6.07) is 12.2. The summed E-state index contributed by atoms with van der Waals surface area (Å²) in [5.41, 5.74) is 1.71. The minimum absolute atomic E-state index is 0.105. The second-order valence-corrected chi connectivity index (χ2v) is 6.92. The van der Waals surface area contributed by atoms with Gasteiger partial charge in [-0.25, -0.2) is 4.39 Å². The van der Waals surface area contributed by atoms with Crippen LogP contribution in [0.1, 0.15) is 34.8 Å². The van der Waals surface area contributed by atoms with Gasteiger partial charge in [0.05, 0.1) is 0 Å². The van der Waals surface area contributed by atoms with Crippen molar-refractivity contribution < 1.29 is 18.7 Å². The van der Waals surface area contributed by atoms with Crippen LogP contribution < -0.4 is 10.1 Å². The number of nitrogens with one attached hydrogen (secondary N) is 1. The Morgan fingerprint density at radius 1 is 1.31 bits per heavy atom. The van der Waals surface area contributed by atoms with E-state index in [1.165, 1.54) is 6.07 Å². The van der Waals surface area contributed by atoms with Crippen LogP contribution in [0.3, 0.4) is 0 Å². The van der Waals surface area contributed by atoms with Gasteiger partial charge >= 0.3 is 0 Å². The molecule has 1 atom stereocenters. The third kappa shape index (κ3) is 4.22. The Morgan fingerprint density at radius 2 is 2.12 bits per heavy atom. The van der Waals surface area contributed by atoms with Crippen LogP contribution >= 0.6 is 0 Å². The van der Waals surface area contributed by atoms with Crippen LogP contribution in [0.15, 0.2) is 42.5 Å². The first-order valence-corrected chi connectivity index (χ1v) is 8.83. The summed E-state index contributed by atoms with van der Waals surface area (Å²) in [4.78, 5) is 12.3. The van der Waals surface area contributed by atoms with E-state index in [2.05, 4.69) is 5.32 Å². The van der Waals surface area contributed by atoms with Gasteiger partial charge in [0.25, 0.3) is 5.91 Å². The van der Waals surface area contributed by atoms with Gasteiger partial charge < -0.3 is 14.8 Å². The van der Waals surface area contributed by atoms with Crippen molar-refractivity contribution in [2.24, 2.45) is 0 Å². The number of carbonyl (C=O) groups excluding carboxylic acids is 1. The molecule has 1 amide bonds. The molecule has 0 fully saturated rings. The average molecular weight is 357 g/mol. The van der Waals surface area contributed by atoms with Crippen LogP contribution in [0.2, 0.25) is 0 Å². The van der Waals surface area contributed by atoms with E-state index in [0.717, 1.165) is 17.7 Å². The topological polar surface area (TPSA) is 47.6 Å². The van der Waals surface area contributed by atoms with Crippen LogP contribution in [0.25, 0.3) is 0 Å². The molecule has 4 nitrogen and oxygen atoms in total. The molecule has 0 spiro atoms. The molecule has 3 rings (SSSR count). The minimum atomic E-state index is -0.516. The van der Waals surface area contributed by atoms with Gasteiger partial charge in [-0.1, -0.05) is 18.2 Å². The molecule has 2 aromatic rings. The largest absolute Gasteiger partial charge is 0.487 e. The Balaban J connectivity index is 1.67. The first-order valence-electron chi connectivity index (χ1n) is 8.83. The van der Waals surface area contributed by atoms with E-state index >= 15 is 0 Å². The van der Waals surface area contributed by atoms with Gasteiger partial charge in [0.2, 0.25) is 0 Å². The van der Waals surface area contributed by atoms with Gasteiger partial charge in [0.15, 0.2) is 0 Å². The number of hydrogen-bond donors (Lipinski definition) is 1. The Bertz CT molecular complexity index is 793. The third-order valence-electron chi connectivity index (χ3n) is 4.58. The first kappa shape index (κ1) is 18.4. The lowest BCUT2D eigenvalue weighted by Gasteiger charge is -2.24. The second-order valence-electron chi connectivity index (χ2n) is 6.92. The third-order valence-corrected chi connectivity index (χ3v) is 4.58. The molecule has 0 saturated carbocycles. The van der Waals surface area contributed by atoms with Crippen LogP contribution in [0.5, 0.6) is 5.75 Å². The van der Waals surface area contributed by atoms with Crippen molar-refractivity contribution in [3.8, 4) is 5.75 Å². The van der Waals surface area contributed by atoms with E-state index in [0.29, 0.717) is 37.1 Å². The van der Waals surface area contributed by atoms with Crippen molar-refractivity contribution in [1.29, 1.82) is 0 Å². The predicted octanol–water partition coefficient (Wildman–Crippen LogP) is 3.53. The van der Waals surface area contributed by atoms with Crippen molar-refractivity contribution in [2.45, 2.75) is 31.8 Å². The van der Waals surface area contributed by atoms with E-state index in [9.17, 15) is 9.18 Å². The molecule has 0 aliphatic carbocycles. The maximum Gasteiger partial charge on any atom is 0.251 e. The molecule has 0 radical (unpaired) electrons. The highest BCUT2D eigenvalue weighted by Gasteiger charge is 2.36. The van der Waals surface area contributed by atoms with Crippen LogP contribution in [-0.4, -0.2) is 31.8 Å². The van der Waals surface area contributed by atoms with Gasteiger partial charge in [-0.2, -0.15) is 0 Å². The van der Waals surface area contributed by atoms with Crippen molar-refractivity contribution >= 4 is 5.91 Å². The smallest absolute Gasteiger partial charge is 0.251 e. The molecule has 1 N–H and O–H groups in total. The fourth-order valence-electron chi connectivity index (χ4n) is 3.33. The molecular weight excluding hydrogens is 333 g/mol. The zero-order chi connectivity index (χ0) is 18.6.